The van der Waals surface area contributed by atoms with E-state index in [1.807, 2.05) is 39.0 Å². The highest BCUT2D eigenvalue weighted by atomic mass is 16.5. The lowest BCUT2D eigenvalue weighted by molar-refractivity contribution is -0.137. The van der Waals surface area contributed by atoms with Crippen molar-refractivity contribution < 1.29 is 14.3 Å². The summed E-state index contributed by atoms with van der Waals surface area (Å²) in [6.45, 7) is 16.1. The molecule has 0 saturated carbocycles. The highest BCUT2D eigenvalue weighted by molar-refractivity contribution is 5.93. The maximum Gasteiger partial charge on any atom is 0.330 e. The predicted molar refractivity (Wildman–Crippen MR) is 104 cm³/mol. The second kappa shape index (κ2) is 13.2. The molecule has 0 atom stereocenters. The highest BCUT2D eigenvalue weighted by Crippen LogP contribution is 2.19. The van der Waals surface area contributed by atoms with Crippen LogP contribution in [0.3, 0.4) is 0 Å². The number of esters is 1. The molecule has 0 unspecified atom stereocenters. The van der Waals surface area contributed by atoms with Crippen LogP contribution in [0, 0.1) is 13.8 Å². The van der Waals surface area contributed by atoms with Crippen LogP contribution in [0.4, 0.5) is 5.69 Å². The lowest BCUT2D eigenvalue weighted by Crippen LogP contribution is -2.33. The van der Waals surface area contributed by atoms with E-state index >= 15 is 0 Å². The topological polar surface area (TPSA) is 58.6 Å². The Morgan fingerprint density at radius 3 is 2.16 bits per heavy atom. The smallest absolute Gasteiger partial charge is 0.330 e. The lowest BCUT2D eigenvalue weighted by Gasteiger charge is -2.18. The summed E-state index contributed by atoms with van der Waals surface area (Å²) in [6, 6.07) is 6.03. The van der Waals surface area contributed by atoms with Gasteiger partial charge in [-0.15, -0.1) is 0 Å². The van der Waals surface area contributed by atoms with Gasteiger partial charge in [-0.05, 0) is 44.5 Å². The molecule has 0 aliphatic carbocycles. The monoisotopic (exact) mass is 348 g/mol. The van der Waals surface area contributed by atoms with E-state index in [1.165, 1.54) is 0 Å². The first kappa shape index (κ1) is 22.9. The number of ether oxygens (including phenoxy) is 1. The SMILES string of the molecule is C=CC(=O)OCCC.CCN(CC)CC(=O)Nc1c(C)cccc1C. The standard InChI is InChI=1S/C14H22N2O.C6H10O2/c1-5-16(6-2)10-13(17)15-14-11(3)8-7-9-12(14)4;1-3-5-8-6(7)4-2/h7-9H,5-6,10H2,1-4H3,(H,15,17);4H,2-3,5H2,1H3. The van der Waals surface area contributed by atoms with Gasteiger partial charge >= 0.3 is 5.97 Å². The minimum Gasteiger partial charge on any atom is -0.463 e. The number of benzene rings is 1. The summed E-state index contributed by atoms with van der Waals surface area (Å²) >= 11 is 0. The van der Waals surface area contributed by atoms with Crippen LogP contribution in [0.2, 0.25) is 0 Å². The van der Waals surface area contributed by atoms with E-state index < -0.39 is 0 Å². The molecule has 1 aromatic carbocycles. The zero-order chi connectivity index (χ0) is 19.2. The fraction of sp³-hybridized carbons (Fsp3) is 0.500. The molecule has 0 radical (unpaired) electrons. The van der Waals surface area contributed by atoms with E-state index in [9.17, 15) is 9.59 Å². The first-order valence-electron chi connectivity index (χ1n) is 8.77. The molecule has 0 bridgehead atoms. The van der Waals surface area contributed by atoms with E-state index in [1.54, 1.807) is 0 Å². The predicted octanol–water partition coefficient (Wildman–Crippen LogP) is 3.71. The van der Waals surface area contributed by atoms with Crippen LogP contribution in [0.5, 0.6) is 0 Å². The summed E-state index contributed by atoms with van der Waals surface area (Å²) in [4.78, 5) is 24.2. The minimum atomic E-state index is -0.341. The largest absolute Gasteiger partial charge is 0.463 e. The van der Waals surface area contributed by atoms with Crippen molar-refractivity contribution >= 4 is 17.6 Å². The van der Waals surface area contributed by atoms with Gasteiger partial charge in [-0.2, -0.15) is 0 Å². The Kier molecular flexibility index (Phi) is 12.1. The van der Waals surface area contributed by atoms with Crippen LogP contribution in [-0.4, -0.2) is 43.0 Å². The third-order valence-electron chi connectivity index (χ3n) is 3.62. The number of carbonyl (C=O) groups excluding carboxylic acids is 2. The maximum absolute atomic E-state index is 11.9. The van der Waals surface area contributed by atoms with Crippen molar-refractivity contribution in [1.82, 2.24) is 4.90 Å². The van der Waals surface area contributed by atoms with E-state index in [-0.39, 0.29) is 11.9 Å². The van der Waals surface area contributed by atoms with Crippen molar-refractivity contribution in [3.8, 4) is 0 Å². The van der Waals surface area contributed by atoms with Gasteiger partial charge in [0.15, 0.2) is 0 Å². The number of rotatable bonds is 8. The number of anilines is 1. The molecule has 0 saturated heterocycles. The first-order valence-corrected chi connectivity index (χ1v) is 8.77. The molecule has 0 aromatic heterocycles. The van der Waals surface area contributed by atoms with Crippen molar-refractivity contribution in [2.45, 2.75) is 41.0 Å². The molecule has 5 heteroatoms. The van der Waals surface area contributed by atoms with Gasteiger partial charge in [0.05, 0.1) is 13.2 Å². The molecule has 1 N–H and O–H groups in total. The molecule has 140 valence electrons. The summed E-state index contributed by atoms with van der Waals surface area (Å²) in [5.41, 5.74) is 3.17. The quantitative estimate of drug-likeness (QED) is 0.575. The molecule has 1 aromatic rings. The fourth-order valence-electron chi connectivity index (χ4n) is 2.10. The Morgan fingerprint density at radius 1 is 1.16 bits per heavy atom. The third-order valence-corrected chi connectivity index (χ3v) is 3.62. The average Bonchev–Trinajstić information content (AvgIpc) is 2.61. The molecule has 1 rings (SSSR count). The van der Waals surface area contributed by atoms with Gasteiger partial charge in [0.25, 0.3) is 0 Å². The van der Waals surface area contributed by atoms with Gasteiger partial charge in [0.2, 0.25) is 5.91 Å². The average molecular weight is 348 g/mol. The van der Waals surface area contributed by atoms with Crippen LogP contribution in [0.15, 0.2) is 30.9 Å². The van der Waals surface area contributed by atoms with E-state index in [4.69, 9.17) is 0 Å². The Balaban J connectivity index is 0.000000609. The van der Waals surface area contributed by atoms with Crippen molar-refractivity contribution in [1.29, 1.82) is 0 Å². The summed E-state index contributed by atoms with van der Waals surface area (Å²) in [5, 5.41) is 3.00. The zero-order valence-electron chi connectivity index (χ0n) is 16.2. The van der Waals surface area contributed by atoms with Gasteiger partial charge < -0.3 is 10.1 Å². The van der Waals surface area contributed by atoms with Gasteiger partial charge in [-0.3, -0.25) is 9.69 Å². The Morgan fingerprint density at radius 2 is 1.72 bits per heavy atom. The second-order valence-corrected chi connectivity index (χ2v) is 5.65. The Bertz CT molecular complexity index is 532. The number of nitrogens with one attached hydrogen (secondary N) is 1. The van der Waals surface area contributed by atoms with Gasteiger partial charge in [0.1, 0.15) is 0 Å². The highest BCUT2D eigenvalue weighted by Gasteiger charge is 2.09. The van der Waals surface area contributed by atoms with Crippen LogP contribution in [0.1, 0.15) is 38.3 Å². The van der Waals surface area contributed by atoms with Crippen LogP contribution < -0.4 is 5.32 Å². The van der Waals surface area contributed by atoms with Crippen molar-refractivity contribution in [3.05, 3.63) is 42.0 Å². The third kappa shape index (κ3) is 9.67. The van der Waals surface area contributed by atoms with Crippen LogP contribution in [0.25, 0.3) is 0 Å². The number of hydrogen-bond donors (Lipinski definition) is 1. The Labute approximate surface area is 152 Å². The van der Waals surface area contributed by atoms with Crippen molar-refractivity contribution in [3.63, 3.8) is 0 Å². The van der Waals surface area contributed by atoms with E-state index in [0.717, 1.165) is 42.4 Å². The van der Waals surface area contributed by atoms with Crippen LogP contribution >= 0.6 is 0 Å². The molecule has 25 heavy (non-hydrogen) atoms. The molecular weight excluding hydrogens is 316 g/mol. The minimum absolute atomic E-state index is 0.0612. The maximum atomic E-state index is 11.9. The summed E-state index contributed by atoms with van der Waals surface area (Å²) < 4.78 is 4.58. The van der Waals surface area contributed by atoms with Gasteiger partial charge in [0, 0.05) is 11.8 Å². The fourth-order valence-corrected chi connectivity index (χ4v) is 2.10. The molecule has 1 amide bonds. The number of amides is 1. The molecule has 5 nitrogen and oxygen atoms in total. The van der Waals surface area contributed by atoms with Crippen molar-refractivity contribution in [2.24, 2.45) is 0 Å². The van der Waals surface area contributed by atoms with Gasteiger partial charge in [-0.1, -0.05) is 45.5 Å². The molecule has 0 aliphatic heterocycles. The lowest BCUT2D eigenvalue weighted by atomic mass is 10.1. The molecule has 0 heterocycles. The first-order chi connectivity index (χ1) is 11.9. The number of likely N-dealkylation sites (N-methyl/N-ethyl adjacent to an activating group) is 1. The summed E-state index contributed by atoms with van der Waals surface area (Å²) in [7, 11) is 0. The molecular formula is C20H32N2O3. The molecule has 0 fully saturated rings. The van der Waals surface area contributed by atoms with E-state index in [2.05, 4.69) is 35.4 Å². The zero-order valence-corrected chi connectivity index (χ0v) is 16.2. The van der Waals surface area contributed by atoms with Gasteiger partial charge in [-0.25, -0.2) is 4.79 Å². The number of aryl methyl sites for hydroxylation is 2. The number of hydrogen-bond acceptors (Lipinski definition) is 4. The number of para-hydroxylation sites is 1. The summed E-state index contributed by atoms with van der Waals surface area (Å²) in [5.74, 6) is -0.280. The normalized spacial score (nSPS) is 9.84. The van der Waals surface area contributed by atoms with Crippen LogP contribution in [-0.2, 0) is 14.3 Å². The molecule has 0 aliphatic rings. The Hall–Kier alpha value is -2.14. The van der Waals surface area contributed by atoms with E-state index in [0.29, 0.717) is 13.2 Å². The second-order valence-electron chi connectivity index (χ2n) is 5.65. The van der Waals surface area contributed by atoms with Crippen molar-refractivity contribution in [2.75, 3.05) is 31.6 Å². The summed E-state index contributed by atoms with van der Waals surface area (Å²) in [6.07, 6.45) is 2.02. The molecule has 0 spiro atoms. The number of nitrogens with zero attached hydrogens (tertiary/aromatic N) is 1. The number of carbonyl (C=O) groups is 2.